The summed E-state index contributed by atoms with van der Waals surface area (Å²) in [4.78, 5) is 0. The summed E-state index contributed by atoms with van der Waals surface area (Å²) in [6.07, 6.45) is -1.97. The van der Waals surface area contributed by atoms with E-state index in [2.05, 4.69) is 10.3 Å². The van der Waals surface area contributed by atoms with Gasteiger partial charge in [0.2, 0.25) is 0 Å². The second-order valence-electron chi connectivity index (χ2n) is 3.20. The van der Waals surface area contributed by atoms with Crippen molar-refractivity contribution in [2.75, 3.05) is 13.2 Å². The Morgan fingerprint density at radius 1 is 1.50 bits per heavy atom. The van der Waals surface area contributed by atoms with Gasteiger partial charge < -0.3 is 10.5 Å². The van der Waals surface area contributed by atoms with Gasteiger partial charge in [0.1, 0.15) is 11.4 Å². The summed E-state index contributed by atoms with van der Waals surface area (Å²) < 4.78 is 31.7. The van der Waals surface area contributed by atoms with Crippen molar-refractivity contribution in [2.24, 2.45) is 5.73 Å². The average Bonchev–Trinajstić information content (AvgIpc) is 2.67. The third-order valence-corrected chi connectivity index (χ3v) is 2.11. The van der Waals surface area contributed by atoms with E-state index in [-0.39, 0.29) is 17.9 Å². The van der Waals surface area contributed by atoms with E-state index in [1.165, 1.54) is 4.68 Å². The minimum atomic E-state index is -2.60. The van der Waals surface area contributed by atoms with Gasteiger partial charge in [-0.15, -0.1) is 5.10 Å². The van der Waals surface area contributed by atoms with Gasteiger partial charge in [-0.05, 0) is 13.3 Å². The molecule has 5 nitrogen and oxygen atoms in total. The Balaban J connectivity index is 2.61. The van der Waals surface area contributed by atoms with Crippen molar-refractivity contribution in [3.63, 3.8) is 0 Å². The van der Waals surface area contributed by atoms with Gasteiger partial charge in [-0.3, -0.25) is 0 Å². The fraction of sp³-hybridized carbons (Fsp3) is 0.778. The highest BCUT2D eigenvalue weighted by molar-refractivity contribution is 5.11. The number of nitrogens with zero attached hydrogens (tertiary/aromatic N) is 3. The van der Waals surface area contributed by atoms with Gasteiger partial charge in [-0.2, -0.15) is 0 Å². The van der Waals surface area contributed by atoms with E-state index < -0.39 is 6.43 Å². The number of aryl methyl sites for hydroxylation is 1. The van der Waals surface area contributed by atoms with E-state index in [0.717, 1.165) is 0 Å². The predicted molar refractivity (Wildman–Crippen MR) is 54.0 cm³/mol. The molecule has 0 bridgehead atoms. The lowest BCUT2D eigenvalue weighted by molar-refractivity contribution is 0.127. The first-order valence-electron chi connectivity index (χ1n) is 5.18. The second kappa shape index (κ2) is 6.49. The number of alkyl halides is 2. The van der Waals surface area contributed by atoms with E-state index in [1.807, 2.05) is 6.92 Å². The van der Waals surface area contributed by atoms with Crippen LogP contribution in [-0.2, 0) is 17.8 Å². The summed E-state index contributed by atoms with van der Waals surface area (Å²) in [5.41, 5.74) is 5.28. The van der Waals surface area contributed by atoms with Crippen LogP contribution in [0.25, 0.3) is 0 Å². The second-order valence-corrected chi connectivity index (χ2v) is 3.20. The summed E-state index contributed by atoms with van der Waals surface area (Å²) in [5.74, 6) is 0. The zero-order chi connectivity index (χ0) is 12.0. The van der Waals surface area contributed by atoms with Crippen LogP contribution < -0.4 is 5.73 Å². The van der Waals surface area contributed by atoms with Gasteiger partial charge in [-0.1, -0.05) is 5.21 Å². The Bertz CT molecular complexity index is 316. The lowest BCUT2D eigenvalue weighted by Crippen LogP contribution is -2.10. The summed E-state index contributed by atoms with van der Waals surface area (Å²) in [7, 11) is 0. The van der Waals surface area contributed by atoms with Gasteiger partial charge in [0.25, 0.3) is 6.43 Å². The largest absolute Gasteiger partial charge is 0.382 e. The summed E-state index contributed by atoms with van der Waals surface area (Å²) in [5, 5.41) is 7.28. The molecule has 0 fully saturated rings. The van der Waals surface area contributed by atoms with Gasteiger partial charge in [0.15, 0.2) is 0 Å². The molecule has 0 saturated carbocycles. The van der Waals surface area contributed by atoms with Crippen molar-refractivity contribution in [3.05, 3.63) is 11.4 Å². The third-order valence-electron chi connectivity index (χ3n) is 2.11. The van der Waals surface area contributed by atoms with E-state index in [0.29, 0.717) is 26.2 Å². The van der Waals surface area contributed by atoms with Gasteiger partial charge >= 0.3 is 0 Å². The van der Waals surface area contributed by atoms with Gasteiger partial charge in [0, 0.05) is 26.3 Å². The number of ether oxygens (including phenoxy) is 1. The predicted octanol–water partition coefficient (Wildman–Crippen LogP) is 1.10. The van der Waals surface area contributed by atoms with Crippen LogP contribution in [0, 0.1) is 0 Å². The molecular formula is C9H16F2N4O. The van der Waals surface area contributed by atoms with Crippen LogP contribution in [0.3, 0.4) is 0 Å². The highest BCUT2D eigenvalue weighted by atomic mass is 19.3. The normalized spacial score (nSPS) is 11.3. The quantitative estimate of drug-likeness (QED) is 0.717. The molecule has 16 heavy (non-hydrogen) atoms. The molecule has 1 heterocycles. The maximum atomic E-state index is 12.7. The molecule has 0 amide bonds. The van der Waals surface area contributed by atoms with Crippen LogP contribution in [0.15, 0.2) is 0 Å². The van der Waals surface area contributed by atoms with Crippen LogP contribution in [0.4, 0.5) is 8.78 Å². The highest BCUT2D eigenvalue weighted by Gasteiger charge is 2.20. The third kappa shape index (κ3) is 3.21. The Labute approximate surface area is 92.6 Å². The Morgan fingerprint density at radius 3 is 2.81 bits per heavy atom. The number of aromatic nitrogens is 3. The van der Waals surface area contributed by atoms with Crippen molar-refractivity contribution >= 4 is 0 Å². The monoisotopic (exact) mass is 234 g/mol. The molecule has 0 radical (unpaired) electrons. The minimum absolute atomic E-state index is 0.0227. The number of nitrogens with two attached hydrogens (primary N) is 1. The van der Waals surface area contributed by atoms with E-state index in [4.69, 9.17) is 10.5 Å². The molecule has 0 unspecified atom stereocenters. The number of hydrogen-bond donors (Lipinski definition) is 1. The molecule has 92 valence electrons. The van der Waals surface area contributed by atoms with E-state index in [1.54, 1.807) is 0 Å². The van der Waals surface area contributed by atoms with E-state index in [9.17, 15) is 8.78 Å². The fourth-order valence-electron chi connectivity index (χ4n) is 1.37. The summed E-state index contributed by atoms with van der Waals surface area (Å²) >= 11 is 0. The summed E-state index contributed by atoms with van der Waals surface area (Å²) in [6, 6.07) is 0. The van der Waals surface area contributed by atoms with Crippen molar-refractivity contribution in [3.8, 4) is 0 Å². The van der Waals surface area contributed by atoms with E-state index >= 15 is 0 Å². The first-order valence-corrected chi connectivity index (χ1v) is 5.18. The van der Waals surface area contributed by atoms with Crippen LogP contribution in [0.5, 0.6) is 0 Å². The van der Waals surface area contributed by atoms with Gasteiger partial charge in [0.05, 0.1) is 0 Å². The average molecular weight is 234 g/mol. The maximum absolute atomic E-state index is 12.7. The Hall–Kier alpha value is -1.08. The molecule has 0 aliphatic rings. The van der Waals surface area contributed by atoms with Crippen LogP contribution in [0.2, 0.25) is 0 Å². The molecule has 1 aromatic rings. The fourth-order valence-corrected chi connectivity index (χ4v) is 1.37. The standard InChI is InChI=1S/C9H16F2N4O/c1-2-16-5-3-4-15-8(9(10)11)7(6-12)13-14-15/h9H,2-6,12H2,1H3. The molecule has 0 aromatic carbocycles. The topological polar surface area (TPSA) is 66.0 Å². The van der Waals surface area contributed by atoms with Crippen LogP contribution in [0.1, 0.15) is 31.2 Å². The molecule has 0 spiro atoms. The Morgan fingerprint density at radius 2 is 2.25 bits per heavy atom. The smallest absolute Gasteiger partial charge is 0.281 e. The molecule has 1 rings (SSSR count). The number of rotatable bonds is 7. The SMILES string of the molecule is CCOCCCn1nnc(CN)c1C(F)F. The molecule has 7 heteroatoms. The molecule has 0 aliphatic carbocycles. The van der Waals surface area contributed by atoms with Gasteiger partial charge in [-0.25, -0.2) is 13.5 Å². The molecule has 0 atom stereocenters. The van der Waals surface area contributed by atoms with Crippen molar-refractivity contribution in [1.29, 1.82) is 0 Å². The first kappa shape index (κ1) is 13.0. The lowest BCUT2D eigenvalue weighted by atomic mass is 10.3. The molecule has 0 aliphatic heterocycles. The zero-order valence-corrected chi connectivity index (χ0v) is 9.20. The van der Waals surface area contributed by atoms with Crippen molar-refractivity contribution in [2.45, 2.75) is 32.9 Å². The highest BCUT2D eigenvalue weighted by Crippen LogP contribution is 2.21. The minimum Gasteiger partial charge on any atom is -0.382 e. The van der Waals surface area contributed by atoms with Crippen molar-refractivity contribution in [1.82, 2.24) is 15.0 Å². The number of halogens is 2. The van der Waals surface area contributed by atoms with Crippen LogP contribution in [-0.4, -0.2) is 28.2 Å². The first-order chi connectivity index (χ1) is 7.70. The molecule has 2 N–H and O–H groups in total. The van der Waals surface area contributed by atoms with Crippen molar-refractivity contribution < 1.29 is 13.5 Å². The zero-order valence-electron chi connectivity index (χ0n) is 9.20. The molecule has 1 aromatic heterocycles. The molecular weight excluding hydrogens is 218 g/mol. The summed E-state index contributed by atoms with van der Waals surface area (Å²) in [6.45, 7) is 3.37. The maximum Gasteiger partial charge on any atom is 0.281 e. The lowest BCUT2D eigenvalue weighted by Gasteiger charge is -2.06. The molecule has 0 saturated heterocycles. The van der Waals surface area contributed by atoms with Crippen LogP contribution >= 0.6 is 0 Å². The number of hydrogen-bond acceptors (Lipinski definition) is 4. The Kier molecular flexibility index (Phi) is 5.27.